The monoisotopic (exact) mass is 536 g/mol. The van der Waals surface area contributed by atoms with Gasteiger partial charge in [0.05, 0.1) is 12.5 Å². The minimum absolute atomic E-state index is 0.00115. The quantitative estimate of drug-likeness (QED) is 0.339. The van der Waals surface area contributed by atoms with Gasteiger partial charge in [0.15, 0.2) is 0 Å². The fourth-order valence-electron chi connectivity index (χ4n) is 7.10. The molecule has 210 valence electrons. The van der Waals surface area contributed by atoms with Crippen molar-refractivity contribution < 1.29 is 29.0 Å². The molecule has 0 radical (unpaired) electrons. The van der Waals surface area contributed by atoms with Gasteiger partial charge in [-0.3, -0.25) is 14.4 Å². The highest BCUT2D eigenvalue weighted by molar-refractivity contribution is 6.06. The number of benzene rings is 1. The van der Waals surface area contributed by atoms with Crippen LogP contribution in [0.2, 0.25) is 0 Å². The van der Waals surface area contributed by atoms with E-state index in [1.165, 1.54) is 0 Å². The number of hydrogen-bond donors (Lipinski definition) is 1. The number of anilines is 1. The summed E-state index contributed by atoms with van der Waals surface area (Å²) in [5.41, 5.74) is 0.410. The van der Waals surface area contributed by atoms with Gasteiger partial charge >= 0.3 is 5.97 Å². The van der Waals surface area contributed by atoms with Crippen molar-refractivity contribution in [2.24, 2.45) is 11.8 Å². The van der Waals surface area contributed by atoms with Gasteiger partial charge in [-0.2, -0.15) is 0 Å². The summed E-state index contributed by atoms with van der Waals surface area (Å²) in [5.74, 6) is -2.66. The highest BCUT2D eigenvalue weighted by atomic mass is 16.6. The van der Waals surface area contributed by atoms with Crippen molar-refractivity contribution in [3.8, 4) is 0 Å². The number of aryl methyl sites for hydroxylation is 2. The number of carbonyl (C=O) groups is 3. The van der Waals surface area contributed by atoms with Gasteiger partial charge in [-0.25, -0.2) is 0 Å². The first-order chi connectivity index (χ1) is 18.8. The highest BCUT2D eigenvalue weighted by Gasteiger charge is 2.75. The summed E-state index contributed by atoms with van der Waals surface area (Å²) in [6.07, 6.45) is 11.8. The molecule has 8 nitrogen and oxygen atoms in total. The van der Waals surface area contributed by atoms with Gasteiger partial charge in [-0.15, -0.1) is 0 Å². The van der Waals surface area contributed by atoms with Crippen molar-refractivity contribution in [1.29, 1.82) is 0 Å². The van der Waals surface area contributed by atoms with E-state index < -0.39 is 35.0 Å². The van der Waals surface area contributed by atoms with E-state index in [9.17, 15) is 19.5 Å². The van der Waals surface area contributed by atoms with Gasteiger partial charge in [0, 0.05) is 25.4 Å². The van der Waals surface area contributed by atoms with Crippen LogP contribution in [0.1, 0.15) is 56.6 Å². The smallest absolute Gasteiger partial charge is 0.313 e. The molecular weight excluding hydrogens is 496 g/mol. The largest absolute Gasteiger partial charge is 0.465 e. The molecule has 1 N–H and O–H groups in total. The number of para-hydroxylation sites is 1. The van der Waals surface area contributed by atoms with Crippen molar-refractivity contribution in [2.45, 2.75) is 76.5 Å². The van der Waals surface area contributed by atoms with Gasteiger partial charge in [0.1, 0.15) is 23.2 Å². The number of likely N-dealkylation sites (tertiary alicyclic amines) is 1. The Kier molecular flexibility index (Phi) is 7.71. The molecular formula is C31H40N2O6. The SMILES string of the molecule is CC[C@]12/C=C\CCCCOC(=O)[C@H]1[C@H]1C(=O)N(CCCCO)C3C(=O)N(c4c(C)cccc4C)CC=C[C@@]31O2. The summed E-state index contributed by atoms with van der Waals surface area (Å²) in [7, 11) is 0. The van der Waals surface area contributed by atoms with Crippen molar-refractivity contribution in [3.63, 3.8) is 0 Å². The Bertz CT molecular complexity index is 1170. The van der Waals surface area contributed by atoms with E-state index in [0.29, 0.717) is 39.0 Å². The zero-order valence-electron chi connectivity index (χ0n) is 23.2. The molecule has 1 aromatic carbocycles. The maximum atomic E-state index is 14.6. The van der Waals surface area contributed by atoms with E-state index in [2.05, 4.69) is 6.08 Å². The zero-order chi connectivity index (χ0) is 27.8. The lowest BCUT2D eigenvalue weighted by Crippen LogP contribution is -2.56. The number of aliphatic hydroxyl groups excluding tert-OH is 1. The Morgan fingerprint density at radius 1 is 1.00 bits per heavy atom. The Morgan fingerprint density at radius 3 is 2.49 bits per heavy atom. The zero-order valence-corrected chi connectivity index (χ0v) is 23.2. The van der Waals surface area contributed by atoms with Crippen LogP contribution in [0.3, 0.4) is 0 Å². The first-order valence-electron chi connectivity index (χ1n) is 14.3. The molecule has 4 aliphatic rings. The molecule has 2 saturated heterocycles. The van der Waals surface area contributed by atoms with E-state index in [1.807, 2.05) is 57.2 Å². The van der Waals surface area contributed by atoms with Gasteiger partial charge in [0.2, 0.25) is 5.91 Å². The molecule has 4 heterocycles. The summed E-state index contributed by atoms with van der Waals surface area (Å²) in [5, 5.41) is 9.43. The van der Waals surface area contributed by atoms with E-state index in [1.54, 1.807) is 9.80 Å². The van der Waals surface area contributed by atoms with E-state index in [4.69, 9.17) is 9.47 Å². The second-order valence-electron chi connectivity index (χ2n) is 11.2. The Morgan fingerprint density at radius 2 is 1.77 bits per heavy atom. The van der Waals surface area contributed by atoms with Gasteiger partial charge in [-0.1, -0.05) is 49.4 Å². The minimum atomic E-state index is -1.31. The van der Waals surface area contributed by atoms with Gasteiger partial charge in [-0.05, 0) is 63.5 Å². The number of hydrogen-bond acceptors (Lipinski definition) is 6. The fourth-order valence-corrected chi connectivity index (χ4v) is 7.10. The number of nitrogens with zero attached hydrogens (tertiary/aromatic N) is 2. The van der Waals surface area contributed by atoms with Gasteiger partial charge in [0.25, 0.3) is 5.91 Å². The third-order valence-electron chi connectivity index (χ3n) is 8.90. The molecule has 4 aliphatic heterocycles. The predicted molar refractivity (Wildman–Crippen MR) is 147 cm³/mol. The second kappa shape index (κ2) is 10.9. The number of allylic oxidation sites excluding steroid dienone is 1. The molecule has 5 rings (SSSR count). The standard InChI is InChI=1S/C31H40N2O6/c1-4-30-15-7-5-6-10-20-38-29(37)24(30)23-27(35)33(17-8-9-19-34)26-28(36)32(18-12-16-31(23,26)39-30)25-21(2)13-11-14-22(25)3/h7,11-16,23-24,26,34H,4-6,8-10,17-20H2,1-3H3/b15-7-/t23-,24+,26?,30-,31-/m0/s1. The molecule has 0 saturated carbocycles. The molecule has 0 bridgehead atoms. The van der Waals surface area contributed by atoms with Crippen LogP contribution in [0.25, 0.3) is 0 Å². The van der Waals surface area contributed by atoms with Crippen molar-refractivity contribution in [1.82, 2.24) is 4.90 Å². The number of cyclic esters (lactones) is 1. The lowest BCUT2D eigenvalue weighted by Gasteiger charge is -2.39. The topological polar surface area (TPSA) is 96.4 Å². The highest BCUT2D eigenvalue weighted by Crippen LogP contribution is 2.58. The Hall–Kier alpha value is -2.97. The van der Waals surface area contributed by atoms with Crippen LogP contribution in [-0.2, 0) is 23.9 Å². The number of aliphatic hydroxyl groups is 1. The average molecular weight is 537 g/mol. The van der Waals surface area contributed by atoms with Crippen LogP contribution >= 0.6 is 0 Å². The van der Waals surface area contributed by atoms with Crippen LogP contribution in [0.5, 0.6) is 0 Å². The fraction of sp³-hybridized carbons (Fsp3) is 0.581. The lowest BCUT2D eigenvalue weighted by atomic mass is 9.73. The molecule has 0 aromatic heterocycles. The van der Waals surface area contributed by atoms with Crippen molar-refractivity contribution >= 4 is 23.5 Å². The summed E-state index contributed by atoms with van der Waals surface area (Å²) >= 11 is 0. The van der Waals surface area contributed by atoms with E-state index >= 15 is 0 Å². The van der Waals surface area contributed by atoms with Crippen LogP contribution < -0.4 is 4.90 Å². The minimum Gasteiger partial charge on any atom is -0.465 e. The summed E-state index contributed by atoms with van der Waals surface area (Å²) in [4.78, 5) is 46.0. The summed E-state index contributed by atoms with van der Waals surface area (Å²) in [6, 6.07) is 4.99. The molecule has 2 fully saturated rings. The number of rotatable bonds is 6. The number of amides is 2. The number of ether oxygens (including phenoxy) is 2. The Labute approximate surface area is 230 Å². The first-order valence-corrected chi connectivity index (χ1v) is 14.3. The maximum absolute atomic E-state index is 14.6. The normalized spacial score (nSPS) is 33.3. The lowest BCUT2D eigenvalue weighted by molar-refractivity contribution is -0.160. The molecule has 1 unspecified atom stereocenters. The van der Waals surface area contributed by atoms with E-state index in [-0.39, 0.29) is 18.4 Å². The molecule has 39 heavy (non-hydrogen) atoms. The number of carbonyl (C=O) groups excluding carboxylic acids is 3. The van der Waals surface area contributed by atoms with Gasteiger partial charge < -0.3 is 24.4 Å². The first kappa shape index (κ1) is 27.6. The molecule has 5 atom stereocenters. The van der Waals surface area contributed by atoms with Crippen LogP contribution in [0.15, 0.2) is 42.5 Å². The third-order valence-corrected chi connectivity index (χ3v) is 8.90. The number of fused-ring (bicyclic) bond motifs is 2. The third kappa shape index (κ3) is 4.42. The predicted octanol–water partition coefficient (Wildman–Crippen LogP) is 3.62. The van der Waals surface area contributed by atoms with Crippen molar-refractivity contribution in [3.05, 3.63) is 53.6 Å². The molecule has 2 amide bonds. The molecule has 1 aromatic rings. The summed E-state index contributed by atoms with van der Waals surface area (Å²) in [6.45, 7) is 6.85. The molecule has 0 aliphatic carbocycles. The van der Waals surface area contributed by atoms with Crippen molar-refractivity contribution in [2.75, 3.05) is 31.2 Å². The second-order valence-corrected chi connectivity index (χ2v) is 11.2. The Balaban J connectivity index is 1.66. The van der Waals surface area contributed by atoms with Crippen LogP contribution in [-0.4, -0.2) is 71.3 Å². The van der Waals surface area contributed by atoms with E-state index in [0.717, 1.165) is 36.1 Å². The maximum Gasteiger partial charge on any atom is 0.313 e. The number of unbranched alkanes of at least 4 members (excludes halogenated alkanes) is 1. The molecule has 8 heteroatoms. The van der Waals surface area contributed by atoms with Crippen LogP contribution in [0, 0.1) is 25.7 Å². The molecule has 1 spiro atoms. The van der Waals surface area contributed by atoms with Crippen LogP contribution in [0.4, 0.5) is 5.69 Å². The average Bonchev–Trinajstić information content (AvgIpc) is 3.27. The summed E-state index contributed by atoms with van der Waals surface area (Å²) < 4.78 is 12.7. The number of esters is 1.